The number of aromatic hydroxyl groups is 1. The molecule has 0 amide bonds. The maximum absolute atomic E-state index is 10.4. The molecule has 1 N–H and O–H groups in total. The zero-order chi connectivity index (χ0) is 14.0. The Hall–Kier alpha value is -2.80. The summed E-state index contributed by atoms with van der Waals surface area (Å²) in [5.41, 5.74) is 4.59. The average Bonchev–Trinajstić information content (AvgIpc) is 2.88. The number of benzene rings is 4. The molecule has 0 spiro atoms. The van der Waals surface area contributed by atoms with Gasteiger partial charge in [0.2, 0.25) is 0 Å². The lowest BCUT2D eigenvalue weighted by Gasteiger charge is -2.08. The van der Waals surface area contributed by atoms with Crippen molar-refractivity contribution in [3.63, 3.8) is 0 Å². The standard InChI is InChI=1S/C20H12O/c21-17-11-9-13-5-3-7-15-16-10-8-12-4-1-2-6-14(12)19(16)20(17)18(13)15/h1-11,21H. The molecule has 1 aliphatic carbocycles. The number of fused-ring (bicyclic) bond motifs is 5. The van der Waals surface area contributed by atoms with Gasteiger partial charge in [0.1, 0.15) is 5.75 Å². The van der Waals surface area contributed by atoms with Crippen LogP contribution in [0.3, 0.4) is 0 Å². The highest BCUT2D eigenvalue weighted by Gasteiger charge is 2.25. The van der Waals surface area contributed by atoms with Gasteiger partial charge in [-0.05, 0) is 33.4 Å². The van der Waals surface area contributed by atoms with E-state index in [1.165, 1.54) is 32.7 Å². The predicted molar refractivity (Wildman–Crippen MR) is 87.5 cm³/mol. The molecule has 98 valence electrons. The van der Waals surface area contributed by atoms with Crippen LogP contribution in [0.15, 0.2) is 66.7 Å². The number of phenolic OH excluding ortho intramolecular Hbond substituents is 1. The first kappa shape index (κ1) is 10.9. The molecule has 4 aromatic rings. The minimum absolute atomic E-state index is 0.366. The molecular weight excluding hydrogens is 256 g/mol. The Morgan fingerprint density at radius 3 is 2.33 bits per heavy atom. The Morgan fingerprint density at radius 2 is 1.38 bits per heavy atom. The third-order valence-electron chi connectivity index (χ3n) is 4.49. The van der Waals surface area contributed by atoms with E-state index in [0.29, 0.717) is 5.75 Å². The van der Waals surface area contributed by atoms with Gasteiger partial charge in [0.15, 0.2) is 0 Å². The molecule has 0 aromatic heterocycles. The summed E-state index contributed by atoms with van der Waals surface area (Å²) in [4.78, 5) is 0. The fraction of sp³-hybridized carbons (Fsp3) is 0. The zero-order valence-corrected chi connectivity index (χ0v) is 11.3. The number of hydrogen-bond acceptors (Lipinski definition) is 1. The van der Waals surface area contributed by atoms with Gasteiger partial charge >= 0.3 is 0 Å². The van der Waals surface area contributed by atoms with Gasteiger partial charge < -0.3 is 5.11 Å². The summed E-state index contributed by atoms with van der Waals surface area (Å²) in [5, 5.41) is 15.2. The van der Waals surface area contributed by atoms with E-state index in [1.54, 1.807) is 6.07 Å². The summed E-state index contributed by atoms with van der Waals surface area (Å²) in [6.07, 6.45) is 0. The van der Waals surface area contributed by atoms with Crippen molar-refractivity contribution in [2.45, 2.75) is 0 Å². The van der Waals surface area contributed by atoms with Gasteiger partial charge in [-0.1, -0.05) is 60.7 Å². The van der Waals surface area contributed by atoms with E-state index in [0.717, 1.165) is 11.1 Å². The lowest BCUT2D eigenvalue weighted by Crippen LogP contribution is -1.81. The van der Waals surface area contributed by atoms with E-state index < -0.39 is 0 Å². The quantitative estimate of drug-likeness (QED) is 0.401. The van der Waals surface area contributed by atoms with Crippen LogP contribution < -0.4 is 0 Å². The zero-order valence-electron chi connectivity index (χ0n) is 11.3. The van der Waals surface area contributed by atoms with Gasteiger partial charge in [-0.3, -0.25) is 0 Å². The second-order valence-electron chi connectivity index (χ2n) is 5.57. The van der Waals surface area contributed by atoms with Gasteiger partial charge in [-0.15, -0.1) is 0 Å². The predicted octanol–water partition coefficient (Wildman–Crippen LogP) is 5.35. The van der Waals surface area contributed by atoms with Gasteiger partial charge in [0.05, 0.1) is 0 Å². The second-order valence-corrected chi connectivity index (χ2v) is 5.57. The van der Waals surface area contributed by atoms with Crippen LogP contribution in [0.4, 0.5) is 0 Å². The van der Waals surface area contributed by atoms with E-state index in [9.17, 15) is 5.11 Å². The Labute approximate surface area is 122 Å². The van der Waals surface area contributed by atoms with Gasteiger partial charge in [0.25, 0.3) is 0 Å². The Morgan fingerprint density at radius 1 is 0.571 bits per heavy atom. The van der Waals surface area contributed by atoms with Gasteiger partial charge in [0, 0.05) is 16.5 Å². The maximum Gasteiger partial charge on any atom is 0.124 e. The number of phenols is 1. The van der Waals surface area contributed by atoms with E-state index >= 15 is 0 Å². The summed E-state index contributed by atoms with van der Waals surface area (Å²) in [5.74, 6) is 0.366. The molecule has 0 unspecified atom stereocenters. The molecule has 0 bridgehead atoms. The van der Waals surface area contributed by atoms with Gasteiger partial charge in [-0.25, -0.2) is 0 Å². The summed E-state index contributed by atoms with van der Waals surface area (Å²) < 4.78 is 0. The minimum Gasteiger partial charge on any atom is -0.507 e. The Balaban J connectivity index is 2.10. The number of hydrogen-bond donors (Lipinski definition) is 1. The molecule has 21 heavy (non-hydrogen) atoms. The molecule has 0 saturated carbocycles. The molecule has 0 radical (unpaired) electrons. The van der Waals surface area contributed by atoms with Crippen molar-refractivity contribution in [1.82, 2.24) is 0 Å². The minimum atomic E-state index is 0.366. The Kier molecular flexibility index (Phi) is 1.90. The van der Waals surface area contributed by atoms with Crippen LogP contribution in [-0.2, 0) is 0 Å². The smallest absolute Gasteiger partial charge is 0.124 e. The van der Waals surface area contributed by atoms with Crippen LogP contribution in [-0.4, -0.2) is 5.11 Å². The van der Waals surface area contributed by atoms with Crippen molar-refractivity contribution in [3.05, 3.63) is 66.7 Å². The molecule has 1 aliphatic rings. The normalized spacial score (nSPS) is 12.0. The summed E-state index contributed by atoms with van der Waals surface area (Å²) in [7, 11) is 0. The first-order valence-electron chi connectivity index (χ1n) is 7.12. The van der Waals surface area contributed by atoms with Crippen molar-refractivity contribution >= 4 is 21.5 Å². The summed E-state index contributed by atoms with van der Waals surface area (Å²) in [6.45, 7) is 0. The first-order valence-corrected chi connectivity index (χ1v) is 7.12. The molecule has 1 nitrogen and oxygen atoms in total. The molecule has 5 rings (SSSR count). The SMILES string of the molecule is Oc1ccc2cccc3c2c1-c1c-3ccc2ccccc12. The lowest BCUT2D eigenvalue weighted by atomic mass is 9.96. The fourth-order valence-corrected chi connectivity index (χ4v) is 3.61. The molecule has 0 fully saturated rings. The topological polar surface area (TPSA) is 20.2 Å². The van der Waals surface area contributed by atoms with Crippen molar-refractivity contribution < 1.29 is 5.11 Å². The maximum atomic E-state index is 10.4. The molecule has 0 heterocycles. The van der Waals surface area contributed by atoms with Gasteiger partial charge in [-0.2, -0.15) is 0 Å². The van der Waals surface area contributed by atoms with E-state index in [2.05, 4.69) is 54.6 Å². The number of rotatable bonds is 0. The molecule has 0 atom stereocenters. The van der Waals surface area contributed by atoms with Crippen molar-refractivity contribution in [2.75, 3.05) is 0 Å². The summed E-state index contributed by atoms with van der Waals surface area (Å²) in [6, 6.07) is 22.8. The average molecular weight is 268 g/mol. The second kappa shape index (κ2) is 3.64. The molecule has 0 saturated heterocycles. The van der Waals surface area contributed by atoms with Crippen molar-refractivity contribution in [3.8, 4) is 28.0 Å². The van der Waals surface area contributed by atoms with E-state index in [4.69, 9.17) is 0 Å². The van der Waals surface area contributed by atoms with E-state index in [1.807, 2.05) is 6.07 Å². The van der Waals surface area contributed by atoms with E-state index in [-0.39, 0.29) is 0 Å². The third kappa shape index (κ3) is 1.26. The first-order chi connectivity index (χ1) is 10.3. The van der Waals surface area contributed by atoms with Crippen LogP contribution in [0.2, 0.25) is 0 Å². The van der Waals surface area contributed by atoms with Crippen molar-refractivity contribution in [1.29, 1.82) is 0 Å². The van der Waals surface area contributed by atoms with Crippen molar-refractivity contribution in [2.24, 2.45) is 0 Å². The monoisotopic (exact) mass is 268 g/mol. The fourth-order valence-electron chi connectivity index (χ4n) is 3.61. The van der Waals surface area contributed by atoms with Crippen LogP contribution in [0.25, 0.3) is 43.8 Å². The van der Waals surface area contributed by atoms with Crippen LogP contribution >= 0.6 is 0 Å². The van der Waals surface area contributed by atoms with Crippen LogP contribution in [0, 0.1) is 0 Å². The molecular formula is C20H12O. The van der Waals surface area contributed by atoms with Crippen LogP contribution in [0.1, 0.15) is 0 Å². The summed E-state index contributed by atoms with van der Waals surface area (Å²) >= 11 is 0. The Bertz CT molecular complexity index is 1040. The highest BCUT2D eigenvalue weighted by molar-refractivity contribution is 6.22. The lowest BCUT2D eigenvalue weighted by molar-refractivity contribution is 0.478. The molecule has 0 aliphatic heterocycles. The highest BCUT2D eigenvalue weighted by Crippen LogP contribution is 2.53. The van der Waals surface area contributed by atoms with Crippen LogP contribution in [0.5, 0.6) is 5.75 Å². The molecule has 4 aromatic carbocycles. The molecule has 1 heteroatoms. The third-order valence-corrected chi connectivity index (χ3v) is 4.49. The largest absolute Gasteiger partial charge is 0.507 e. The highest BCUT2D eigenvalue weighted by atomic mass is 16.3.